The van der Waals surface area contributed by atoms with Gasteiger partial charge in [0.25, 0.3) is 0 Å². The average Bonchev–Trinajstić information content (AvgIpc) is 2.99. The van der Waals surface area contributed by atoms with Crippen molar-refractivity contribution in [1.82, 2.24) is 9.47 Å². The van der Waals surface area contributed by atoms with E-state index in [9.17, 15) is 9.59 Å². The van der Waals surface area contributed by atoms with Crippen molar-refractivity contribution in [2.75, 3.05) is 20.2 Å². The molecule has 0 radical (unpaired) electrons. The number of hydrogen-bond donors (Lipinski definition) is 0. The minimum absolute atomic E-state index is 0.0536. The van der Waals surface area contributed by atoms with E-state index in [1.54, 1.807) is 4.90 Å². The van der Waals surface area contributed by atoms with Gasteiger partial charge >= 0.3 is 5.97 Å². The predicted molar refractivity (Wildman–Crippen MR) is 65.8 cm³/mol. The fourth-order valence-corrected chi connectivity index (χ4v) is 2.28. The van der Waals surface area contributed by atoms with Crippen LogP contribution >= 0.6 is 0 Å². The van der Waals surface area contributed by atoms with Crippen LogP contribution in [0.4, 0.5) is 0 Å². The molecule has 1 aromatic heterocycles. The third-order valence-corrected chi connectivity index (χ3v) is 3.26. The number of rotatable bonds is 5. The van der Waals surface area contributed by atoms with Gasteiger partial charge in [0.1, 0.15) is 0 Å². The van der Waals surface area contributed by atoms with Gasteiger partial charge in [-0.05, 0) is 18.6 Å². The molecule has 98 valence electrons. The van der Waals surface area contributed by atoms with Gasteiger partial charge in [0.05, 0.1) is 13.0 Å². The Labute approximate surface area is 106 Å². The van der Waals surface area contributed by atoms with Crippen LogP contribution in [0.1, 0.15) is 12.8 Å². The molecule has 1 unspecified atom stereocenters. The van der Waals surface area contributed by atoms with Crippen molar-refractivity contribution in [3.8, 4) is 0 Å². The van der Waals surface area contributed by atoms with E-state index in [1.165, 1.54) is 7.11 Å². The second-order valence-electron chi connectivity index (χ2n) is 4.54. The first kappa shape index (κ1) is 12.7. The number of hydrogen-bond acceptors (Lipinski definition) is 3. The number of likely N-dealkylation sites (tertiary alicyclic amines) is 1. The number of amides is 1. The summed E-state index contributed by atoms with van der Waals surface area (Å²) in [5.41, 5.74) is 0. The Balaban J connectivity index is 1.76. The molecule has 1 aromatic rings. The molecule has 1 aliphatic rings. The first-order valence-corrected chi connectivity index (χ1v) is 6.17. The van der Waals surface area contributed by atoms with E-state index in [-0.39, 0.29) is 24.2 Å². The Morgan fingerprint density at radius 3 is 2.78 bits per heavy atom. The standard InChI is InChI=1S/C13H18N2O3/c1-18-13(17)11-9-12(16)15(10-11)8-4-7-14-5-2-3-6-14/h2-3,5-6,11H,4,7-10H2,1H3. The molecule has 0 aliphatic carbocycles. The van der Waals surface area contributed by atoms with Crippen molar-refractivity contribution in [2.24, 2.45) is 5.92 Å². The third kappa shape index (κ3) is 2.91. The van der Waals surface area contributed by atoms with Crippen LogP contribution in [0.3, 0.4) is 0 Å². The molecule has 5 heteroatoms. The zero-order valence-corrected chi connectivity index (χ0v) is 10.5. The molecule has 0 saturated carbocycles. The first-order chi connectivity index (χ1) is 8.70. The normalized spacial score (nSPS) is 19.3. The first-order valence-electron chi connectivity index (χ1n) is 6.17. The summed E-state index contributed by atoms with van der Waals surface area (Å²) in [6, 6.07) is 3.96. The van der Waals surface area contributed by atoms with Crippen molar-refractivity contribution in [2.45, 2.75) is 19.4 Å². The summed E-state index contributed by atoms with van der Waals surface area (Å²) in [5, 5.41) is 0. The summed E-state index contributed by atoms with van der Waals surface area (Å²) in [5.74, 6) is -0.511. The maximum atomic E-state index is 11.7. The monoisotopic (exact) mass is 250 g/mol. The summed E-state index contributed by atoms with van der Waals surface area (Å²) in [4.78, 5) is 24.8. The Hall–Kier alpha value is -1.78. The van der Waals surface area contributed by atoms with Gasteiger partial charge in [-0.25, -0.2) is 0 Å². The SMILES string of the molecule is COC(=O)C1CC(=O)N(CCCn2cccc2)C1. The van der Waals surface area contributed by atoms with Crippen LogP contribution in [0.15, 0.2) is 24.5 Å². The van der Waals surface area contributed by atoms with Gasteiger partial charge < -0.3 is 14.2 Å². The van der Waals surface area contributed by atoms with Gasteiger partial charge in [0.15, 0.2) is 0 Å². The van der Waals surface area contributed by atoms with Crippen LogP contribution in [0.5, 0.6) is 0 Å². The van der Waals surface area contributed by atoms with E-state index < -0.39 is 0 Å². The summed E-state index contributed by atoms with van der Waals surface area (Å²) >= 11 is 0. The highest BCUT2D eigenvalue weighted by atomic mass is 16.5. The van der Waals surface area contributed by atoms with E-state index in [0.29, 0.717) is 13.1 Å². The molecule has 1 amide bonds. The summed E-state index contributed by atoms with van der Waals surface area (Å²) in [6.07, 6.45) is 5.19. The van der Waals surface area contributed by atoms with Crippen molar-refractivity contribution in [3.63, 3.8) is 0 Å². The molecule has 1 aliphatic heterocycles. The molecule has 0 bridgehead atoms. The molecule has 1 fully saturated rings. The summed E-state index contributed by atoms with van der Waals surface area (Å²) < 4.78 is 6.75. The van der Waals surface area contributed by atoms with Crippen LogP contribution in [0.2, 0.25) is 0 Å². The quantitative estimate of drug-likeness (QED) is 0.730. The van der Waals surface area contributed by atoms with Gasteiger partial charge in [-0.2, -0.15) is 0 Å². The zero-order valence-electron chi connectivity index (χ0n) is 10.5. The number of aromatic nitrogens is 1. The number of esters is 1. The lowest BCUT2D eigenvalue weighted by molar-refractivity contribution is -0.145. The summed E-state index contributed by atoms with van der Waals surface area (Å²) in [7, 11) is 1.36. The van der Waals surface area contributed by atoms with Crippen LogP contribution in [-0.2, 0) is 20.9 Å². The lowest BCUT2D eigenvalue weighted by Gasteiger charge is -2.16. The van der Waals surface area contributed by atoms with E-state index >= 15 is 0 Å². The van der Waals surface area contributed by atoms with E-state index in [4.69, 9.17) is 0 Å². The molecule has 0 spiro atoms. The van der Waals surface area contributed by atoms with Crippen molar-refractivity contribution in [1.29, 1.82) is 0 Å². The number of methoxy groups -OCH3 is 1. The minimum Gasteiger partial charge on any atom is -0.469 e. The van der Waals surface area contributed by atoms with Crippen molar-refractivity contribution >= 4 is 11.9 Å². The minimum atomic E-state index is -0.283. The van der Waals surface area contributed by atoms with E-state index in [1.807, 2.05) is 24.5 Å². The highest BCUT2D eigenvalue weighted by Gasteiger charge is 2.34. The molecule has 18 heavy (non-hydrogen) atoms. The molecule has 0 aromatic carbocycles. The Kier molecular flexibility index (Phi) is 4.02. The molecule has 1 atom stereocenters. The highest BCUT2D eigenvalue weighted by Crippen LogP contribution is 2.19. The van der Waals surface area contributed by atoms with Crippen LogP contribution in [0.25, 0.3) is 0 Å². The maximum Gasteiger partial charge on any atom is 0.310 e. The third-order valence-electron chi connectivity index (χ3n) is 3.26. The van der Waals surface area contributed by atoms with Gasteiger partial charge in [0, 0.05) is 38.4 Å². The molecular formula is C13H18N2O3. The highest BCUT2D eigenvalue weighted by molar-refractivity contribution is 5.86. The smallest absolute Gasteiger partial charge is 0.310 e. The fourth-order valence-electron chi connectivity index (χ4n) is 2.28. The second-order valence-corrected chi connectivity index (χ2v) is 4.54. The second kappa shape index (κ2) is 5.71. The predicted octanol–water partition coefficient (Wildman–Crippen LogP) is 0.900. The molecule has 1 saturated heterocycles. The zero-order chi connectivity index (χ0) is 13.0. The lowest BCUT2D eigenvalue weighted by Crippen LogP contribution is -2.28. The lowest BCUT2D eigenvalue weighted by atomic mass is 10.1. The molecule has 0 N–H and O–H groups in total. The Bertz CT molecular complexity index is 414. The van der Waals surface area contributed by atoms with Crippen molar-refractivity contribution in [3.05, 3.63) is 24.5 Å². The number of nitrogens with zero attached hydrogens (tertiary/aromatic N) is 2. The van der Waals surface area contributed by atoms with Gasteiger partial charge in [-0.3, -0.25) is 9.59 Å². The van der Waals surface area contributed by atoms with E-state index in [0.717, 1.165) is 13.0 Å². The number of carbonyl (C=O) groups is 2. The molecule has 2 heterocycles. The summed E-state index contributed by atoms with van der Waals surface area (Å²) in [6.45, 7) is 2.08. The van der Waals surface area contributed by atoms with Gasteiger partial charge in [-0.1, -0.05) is 0 Å². The van der Waals surface area contributed by atoms with Gasteiger partial charge in [0.2, 0.25) is 5.91 Å². The van der Waals surface area contributed by atoms with Crippen molar-refractivity contribution < 1.29 is 14.3 Å². The topological polar surface area (TPSA) is 51.5 Å². The Morgan fingerprint density at radius 2 is 2.11 bits per heavy atom. The number of aryl methyl sites for hydroxylation is 1. The molecule has 5 nitrogen and oxygen atoms in total. The molecule has 2 rings (SSSR count). The maximum absolute atomic E-state index is 11.7. The van der Waals surface area contributed by atoms with Crippen LogP contribution < -0.4 is 0 Å². The Morgan fingerprint density at radius 1 is 1.39 bits per heavy atom. The van der Waals surface area contributed by atoms with Crippen LogP contribution in [0, 0.1) is 5.92 Å². The number of ether oxygens (including phenoxy) is 1. The fraction of sp³-hybridized carbons (Fsp3) is 0.538. The number of carbonyl (C=O) groups excluding carboxylic acids is 2. The largest absolute Gasteiger partial charge is 0.469 e. The molecular weight excluding hydrogens is 232 g/mol. The van der Waals surface area contributed by atoms with Gasteiger partial charge in [-0.15, -0.1) is 0 Å². The average molecular weight is 250 g/mol. The van der Waals surface area contributed by atoms with Crippen LogP contribution in [-0.4, -0.2) is 41.5 Å². The van der Waals surface area contributed by atoms with E-state index in [2.05, 4.69) is 9.30 Å².